The third-order valence-electron chi connectivity index (χ3n) is 3.56. The molecule has 2 rings (SSSR count). The zero-order chi connectivity index (χ0) is 14.8. The molecule has 1 aromatic carbocycles. The van der Waals surface area contributed by atoms with E-state index in [1.165, 1.54) is 6.07 Å². The highest BCUT2D eigenvalue weighted by atomic mass is 35.5. The van der Waals surface area contributed by atoms with Crippen molar-refractivity contribution >= 4 is 21.6 Å². The Labute approximate surface area is 123 Å². The van der Waals surface area contributed by atoms with Crippen molar-refractivity contribution < 1.29 is 12.8 Å². The van der Waals surface area contributed by atoms with E-state index < -0.39 is 15.8 Å². The topological polar surface area (TPSA) is 58.2 Å². The van der Waals surface area contributed by atoms with E-state index in [2.05, 4.69) is 10.0 Å². The van der Waals surface area contributed by atoms with Crippen molar-refractivity contribution in [1.82, 2.24) is 10.0 Å². The summed E-state index contributed by atoms with van der Waals surface area (Å²) < 4.78 is 40.1. The second kappa shape index (κ2) is 5.97. The molecule has 1 heterocycles. The fraction of sp³-hybridized carbons (Fsp3) is 0.538. The maximum atomic E-state index is 13.2. The molecule has 0 spiro atoms. The van der Waals surface area contributed by atoms with Crippen molar-refractivity contribution in [3.05, 3.63) is 29.0 Å². The minimum Gasteiger partial charge on any atom is -0.316 e. The Balaban J connectivity index is 2.13. The summed E-state index contributed by atoms with van der Waals surface area (Å²) >= 11 is 5.84. The normalized spacial score (nSPS) is 23.8. The molecule has 1 unspecified atom stereocenters. The maximum absolute atomic E-state index is 13.2. The summed E-state index contributed by atoms with van der Waals surface area (Å²) in [6.45, 7) is 4.04. The van der Waals surface area contributed by atoms with E-state index in [0.717, 1.165) is 38.1 Å². The van der Waals surface area contributed by atoms with E-state index in [1.807, 2.05) is 6.92 Å². The monoisotopic (exact) mass is 320 g/mol. The standard InChI is InChI=1S/C13H18ClFN2O2S/c1-13(5-2-6-16-8-13)9-17-20(18,19)12-7-10(15)3-4-11(12)14/h3-4,7,16-17H,2,5-6,8-9H2,1H3. The average Bonchev–Trinajstić information content (AvgIpc) is 2.40. The summed E-state index contributed by atoms with van der Waals surface area (Å²) in [5.74, 6) is -0.625. The van der Waals surface area contributed by atoms with Crippen molar-refractivity contribution in [2.75, 3.05) is 19.6 Å². The number of benzene rings is 1. The fourth-order valence-corrected chi connectivity index (χ4v) is 4.01. The van der Waals surface area contributed by atoms with Crippen molar-refractivity contribution in [2.24, 2.45) is 5.41 Å². The van der Waals surface area contributed by atoms with Crippen molar-refractivity contribution in [3.8, 4) is 0 Å². The van der Waals surface area contributed by atoms with E-state index in [9.17, 15) is 12.8 Å². The van der Waals surface area contributed by atoms with Gasteiger partial charge in [0.25, 0.3) is 0 Å². The number of piperidine rings is 1. The Morgan fingerprint density at radius 3 is 2.90 bits per heavy atom. The van der Waals surface area contributed by atoms with Gasteiger partial charge in [-0.05, 0) is 43.0 Å². The highest BCUT2D eigenvalue weighted by molar-refractivity contribution is 7.89. The van der Waals surface area contributed by atoms with Crippen LogP contribution in [-0.2, 0) is 10.0 Å². The van der Waals surface area contributed by atoms with Gasteiger partial charge < -0.3 is 5.32 Å². The average molecular weight is 321 g/mol. The molecule has 0 bridgehead atoms. The predicted molar refractivity (Wildman–Crippen MR) is 76.8 cm³/mol. The molecule has 1 aliphatic heterocycles. The first-order valence-corrected chi connectivity index (χ1v) is 8.34. The summed E-state index contributed by atoms with van der Waals surface area (Å²) in [5, 5.41) is 3.27. The Morgan fingerprint density at radius 2 is 2.25 bits per heavy atom. The van der Waals surface area contributed by atoms with Crippen molar-refractivity contribution in [3.63, 3.8) is 0 Å². The molecule has 0 aliphatic carbocycles. The molecule has 1 aromatic rings. The molecule has 0 amide bonds. The number of nitrogens with one attached hydrogen (secondary N) is 2. The largest absolute Gasteiger partial charge is 0.316 e. The van der Waals surface area contributed by atoms with Gasteiger partial charge in [0.2, 0.25) is 10.0 Å². The van der Waals surface area contributed by atoms with E-state index in [4.69, 9.17) is 11.6 Å². The van der Waals surface area contributed by atoms with Crippen LogP contribution in [0.4, 0.5) is 4.39 Å². The molecule has 1 atom stereocenters. The van der Waals surface area contributed by atoms with E-state index in [-0.39, 0.29) is 15.3 Å². The second-order valence-corrected chi connectivity index (χ2v) is 7.63. The van der Waals surface area contributed by atoms with Crippen LogP contribution < -0.4 is 10.0 Å². The van der Waals surface area contributed by atoms with E-state index >= 15 is 0 Å². The lowest BCUT2D eigenvalue weighted by molar-refractivity contribution is 0.238. The van der Waals surface area contributed by atoms with Crippen LogP contribution >= 0.6 is 11.6 Å². The van der Waals surface area contributed by atoms with Gasteiger partial charge in [0, 0.05) is 13.1 Å². The highest BCUT2D eigenvalue weighted by Crippen LogP contribution is 2.26. The molecule has 2 N–H and O–H groups in total. The zero-order valence-corrected chi connectivity index (χ0v) is 12.8. The van der Waals surface area contributed by atoms with Crippen LogP contribution in [-0.4, -0.2) is 28.1 Å². The quantitative estimate of drug-likeness (QED) is 0.893. The summed E-state index contributed by atoms with van der Waals surface area (Å²) in [5.41, 5.74) is -0.134. The van der Waals surface area contributed by atoms with Crippen LogP contribution in [0.2, 0.25) is 5.02 Å². The number of hydrogen-bond donors (Lipinski definition) is 2. The van der Waals surface area contributed by atoms with Gasteiger partial charge >= 0.3 is 0 Å². The minimum atomic E-state index is -3.80. The van der Waals surface area contributed by atoms with Gasteiger partial charge in [-0.25, -0.2) is 17.5 Å². The first-order valence-electron chi connectivity index (χ1n) is 6.48. The number of halogens is 2. The third-order valence-corrected chi connectivity index (χ3v) is 5.44. The fourth-order valence-electron chi connectivity index (χ4n) is 2.30. The molecule has 20 heavy (non-hydrogen) atoms. The van der Waals surface area contributed by atoms with Crippen LogP contribution in [0.3, 0.4) is 0 Å². The number of sulfonamides is 1. The van der Waals surface area contributed by atoms with Crippen LogP contribution in [0, 0.1) is 11.2 Å². The first-order chi connectivity index (χ1) is 9.32. The van der Waals surface area contributed by atoms with Crippen LogP contribution in [0.15, 0.2) is 23.1 Å². The molecular formula is C13H18ClFN2O2S. The van der Waals surface area contributed by atoms with Gasteiger partial charge in [0.05, 0.1) is 5.02 Å². The lowest BCUT2D eigenvalue weighted by Gasteiger charge is -2.34. The Kier molecular flexibility index (Phi) is 4.69. The van der Waals surface area contributed by atoms with Gasteiger partial charge in [-0.3, -0.25) is 0 Å². The Hall–Kier alpha value is -0.690. The predicted octanol–water partition coefficient (Wildman–Crippen LogP) is 2.15. The first kappa shape index (κ1) is 15.7. The third kappa shape index (κ3) is 3.69. The van der Waals surface area contributed by atoms with Gasteiger partial charge in [-0.2, -0.15) is 0 Å². The molecule has 1 aliphatic rings. The van der Waals surface area contributed by atoms with Gasteiger partial charge in [0.15, 0.2) is 0 Å². The van der Waals surface area contributed by atoms with Crippen LogP contribution in [0.25, 0.3) is 0 Å². The van der Waals surface area contributed by atoms with E-state index in [0.29, 0.717) is 6.54 Å². The summed E-state index contributed by atoms with van der Waals surface area (Å²) in [6, 6.07) is 3.31. The molecule has 0 radical (unpaired) electrons. The van der Waals surface area contributed by atoms with Crippen LogP contribution in [0.1, 0.15) is 19.8 Å². The minimum absolute atomic E-state index is 0.0193. The molecule has 112 valence electrons. The smallest absolute Gasteiger partial charge is 0.242 e. The number of hydrogen-bond acceptors (Lipinski definition) is 3. The molecule has 1 saturated heterocycles. The zero-order valence-electron chi connectivity index (χ0n) is 11.2. The summed E-state index contributed by atoms with van der Waals surface area (Å²) in [4.78, 5) is -0.216. The lowest BCUT2D eigenvalue weighted by atomic mass is 9.83. The lowest BCUT2D eigenvalue weighted by Crippen LogP contribution is -2.45. The Morgan fingerprint density at radius 1 is 1.50 bits per heavy atom. The molecule has 0 saturated carbocycles. The summed E-state index contributed by atoms with van der Waals surface area (Å²) in [7, 11) is -3.80. The SMILES string of the molecule is CC1(CNS(=O)(=O)c2cc(F)ccc2Cl)CCCNC1. The maximum Gasteiger partial charge on any atom is 0.242 e. The molecule has 1 fully saturated rings. The van der Waals surface area contributed by atoms with Gasteiger partial charge in [0.1, 0.15) is 10.7 Å². The van der Waals surface area contributed by atoms with E-state index in [1.54, 1.807) is 0 Å². The van der Waals surface area contributed by atoms with Crippen LogP contribution in [0.5, 0.6) is 0 Å². The molecule has 4 nitrogen and oxygen atoms in total. The van der Waals surface area contributed by atoms with Gasteiger partial charge in [-0.15, -0.1) is 0 Å². The van der Waals surface area contributed by atoms with Gasteiger partial charge in [-0.1, -0.05) is 18.5 Å². The number of rotatable bonds is 4. The second-order valence-electron chi connectivity index (χ2n) is 5.49. The Bertz CT molecular complexity index is 586. The molecule has 0 aromatic heterocycles. The highest BCUT2D eigenvalue weighted by Gasteiger charge is 2.29. The molecular weight excluding hydrogens is 303 g/mol. The van der Waals surface area contributed by atoms with Crippen molar-refractivity contribution in [2.45, 2.75) is 24.7 Å². The molecule has 7 heteroatoms. The van der Waals surface area contributed by atoms with Crippen molar-refractivity contribution in [1.29, 1.82) is 0 Å². The summed E-state index contributed by atoms with van der Waals surface area (Å²) in [6.07, 6.45) is 1.96.